The molecular weight excluding hydrogens is 505 g/mol. The number of amides is 1. The second-order valence-electron chi connectivity index (χ2n) is 7.30. The van der Waals surface area contributed by atoms with Crippen LogP contribution in [-0.4, -0.2) is 30.3 Å². The predicted molar refractivity (Wildman–Crippen MR) is 138 cm³/mol. The zero-order valence-electron chi connectivity index (χ0n) is 18.0. The number of thiocarbonyl (C=S) groups is 1. The molecule has 0 radical (unpaired) electrons. The van der Waals surface area contributed by atoms with Gasteiger partial charge in [-0.25, -0.2) is 4.68 Å². The van der Waals surface area contributed by atoms with E-state index < -0.39 is 15.9 Å². The topological polar surface area (TPSA) is 80.1 Å². The summed E-state index contributed by atoms with van der Waals surface area (Å²) in [6.45, 7) is 3.58. The summed E-state index contributed by atoms with van der Waals surface area (Å²) in [5.74, 6) is -0.443. The number of carbonyl (C=O) groups is 1. The van der Waals surface area contributed by atoms with Gasteiger partial charge in [-0.2, -0.15) is 0 Å². The Labute approximate surface area is 211 Å². The number of nitrogens with one attached hydrogen (secondary N) is 3. The third-order valence-corrected chi connectivity index (χ3v) is 5.94. The fourth-order valence-corrected chi connectivity index (χ4v) is 3.78. The summed E-state index contributed by atoms with van der Waals surface area (Å²) in [5, 5.41) is 8.30. The second-order valence-corrected chi connectivity index (χ2v) is 10.1. The van der Waals surface area contributed by atoms with Crippen molar-refractivity contribution in [3.8, 4) is 5.69 Å². The first-order chi connectivity index (χ1) is 15.5. The molecule has 11 heteroatoms. The standard InChI is InChI=1S/C22H22Cl3N5O2S/c1-13-9-7-8-12-16(13)18(31)27-20(22(23,24)25)28-21(33)26-17-14(2)29(3)30(19(17)32)15-10-5-4-6-11-15/h4-12,20H,1-3H3,(H,27,31)(H2,26,28,33)/t20-/m1/s1. The minimum absolute atomic E-state index is 0.00224. The molecule has 0 fully saturated rings. The van der Waals surface area contributed by atoms with Gasteiger partial charge in [0.25, 0.3) is 11.5 Å². The van der Waals surface area contributed by atoms with Crippen molar-refractivity contribution in [3.63, 3.8) is 0 Å². The molecule has 0 aliphatic heterocycles. The van der Waals surface area contributed by atoms with Crippen molar-refractivity contribution in [2.75, 3.05) is 5.32 Å². The molecule has 1 amide bonds. The van der Waals surface area contributed by atoms with E-state index in [2.05, 4.69) is 16.0 Å². The Morgan fingerprint density at radius 2 is 1.61 bits per heavy atom. The molecule has 0 saturated heterocycles. The quantitative estimate of drug-likeness (QED) is 0.264. The highest BCUT2D eigenvalue weighted by atomic mass is 35.6. The van der Waals surface area contributed by atoms with E-state index in [9.17, 15) is 9.59 Å². The van der Waals surface area contributed by atoms with E-state index in [0.717, 1.165) is 5.56 Å². The van der Waals surface area contributed by atoms with Gasteiger partial charge in [-0.05, 0) is 49.8 Å². The van der Waals surface area contributed by atoms with Crippen LogP contribution >= 0.6 is 47.0 Å². The Morgan fingerprint density at radius 1 is 1.00 bits per heavy atom. The molecule has 0 spiro atoms. The average Bonchev–Trinajstić information content (AvgIpc) is 2.96. The third-order valence-electron chi connectivity index (χ3n) is 5.06. The highest BCUT2D eigenvalue weighted by Gasteiger charge is 2.35. The lowest BCUT2D eigenvalue weighted by molar-refractivity contribution is 0.0934. The molecule has 0 bridgehead atoms. The SMILES string of the molecule is Cc1ccccc1C(=O)N[C@H](NC(=S)Nc1c(C)n(C)n(-c2ccccc2)c1=O)C(Cl)(Cl)Cl. The number of benzene rings is 2. The Balaban J connectivity index is 1.81. The van der Waals surface area contributed by atoms with E-state index in [1.54, 1.807) is 43.8 Å². The molecule has 174 valence electrons. The van der Waals surface area contributed by atoms with E-state index in [-0.39, 0.29) is 16.4 Å². The minimum atomic E-state index is -1.93. The maximum absolute atomic E-state index is 13.1. The molecule has 1 aromatic heterocycles. The molecule has 3 N–H and O–H groups in total. The van der Waals surface area contributed by atoms with E-state index in [1.165, 1.54) is 4.68 Å². The predicted octanol–water partition coefficient (Wildman–Crippen LogP) is 4.21. The number of halogens is 3. The third kappa shape index (κ3) is 5.70. The zero-order valence-corrected chi connectivity index (χ0v) is 21.1. The van der Waals surface area contributed by atoms with Crippen LogP contribution in [0.3, 0.4) is 0 Å². The van der Waals surface area contributed by atoms with Gasteiger partial charge in [0.05, 0.1) is 11.4 Å². The number of aromatic nitrogens is 2. The van der Waals surface area contributed by atoms with Gasteiger partial charge >= 0.3 is 0 Å². The molecule has 1 atom stereocenters. The summed E-state index contributed by atoms with van der Waals surface area (Å²) in [5.41, 5.74) is 2.49. The number of hydrogen-bond donors (Lipinski definition) is 3. The fourth-order valence-electron chi connectivity index (χ4n) is 3.23. The van der Waals surface area contributed by atoms with Crippen molar-refractivity contribution in [2.24, 2.45) is 7.05 Å². The summed E-state index contributed by atoms with van der Waals surface area (Å²) in [4.78, 5) is 25.8. The van der Waals surface area contributed by atoms with Crippen LogP contribution in [0.25, 0.3) is 5.69 Å². The van der Waals surface area contributed by atoms with E-state index in [1.807, 2.05) is 36.4 Å². The lowest BCUT2D eigenvalue weighted by atomic mass is 10.1. The minimum Gasteiger partial charge on any atom is -0.339 e. The highest BCUT2D eigenvalue weighted by Crippen LogP contribution is 2.29. The molecular formula is C22H22Cl3N5O2S. The summed E-state index contributed by atoms with van der Waals surface area (Å²) in [6, 6.07) is 16.2. The number of nitrogens with zero attached hydrogens (tertiary/aromatic N) is 2. The largest absolute Gasteiger partial charge is 0.339 e. The summed E-state index contributed by atoms with van der Waals surface area (Å²) < 4.78 is 1.28. The van der Waals surface area contributed by atoms with Crippen LogP contribution < -0.4 is 21.5 Å². The highest BCUT2D eigenvalue weighted by molar-refractivity contribution is 7.80. The zero-order chi connectivity index (χ0) is 24.3. The first kappa shape index (κ1) is 25.1. The normalized spacial score (nSPS) is 12.2. The van der Waals surface area contributed by atoms with Gasteiger partial charge < -0.3 is 16.0 Å². The van der Waals surface area contributed by atoms with Crippen LogP contribution in [0.2, 0.25) is 0 Å². The van der Waals surface area contributed by atoms with Gasteiger partial charge in [-0.1, -0.05) is 71.2 Å². The van der Waals surface area contributed by atoms with Gasteiger partial charge in [-0.3, -0.25) is 14.3 Å². The number of alkyl halides is 3. The average molecular weight is 527 g/mol. The van der Waals surface area contributed by atoms with Gasteiger partial charge in [-0.15, -0.1) is 0 Å². The number of anilines is 1. The van der Waals surface area contributed by atoms with Crippen molar-refractivity contribution in [2.45, 2.75) is 23.8 Å². The molecule has 0 aliphatic carbocycles. The van der Waals surface area contributed by atoms with Crippen molar-refractivity contribution in [3.05, 3.63) is 81.8 Å². The van der Waals surface area contributed by atoms with Crippen LogP contribution in [0.4, 0.5) is 5.69 Å². The first-order valence-corrected chi connectivity index (χ1v) is 11.4. The number of para-hydroxylation sites is 1. The number of hydrogen-bond acceptors (Lipinski definition) is 3. The van der Waals surface area contributed by atoms with Gasteiger partial charge in [0.15, 0.2) is 5.11 Å². The molecule has 3 rings (SSSR count). The van der Waals surface area contributed by atoms with Gasteiger partial charge in [0.2, 0.25) is 3.79 Å². The molecule has 0 aliphatic rings. The Bertz CT molecular complexity index is 1240. The van der Waals surface area contributed by atoms with Crippen LogP contribution in [-0.2, 0) is 7.05 Å². The molecule has 0 saturated carbocycles. The molecule has 1 heterocycles. The second kappa shape index (κ2) is 10.2. The Hall–Kier alpha value is -2.52. The Kier molecular flexibility index (Phi) is 7.74. The Morgan fingerprint density at radius 3 is 2.21 bits per heavy atom. The monoisotopic (exact) mass is 525 g/mol. The van der Waals surface area contributed by atoms with Crippen molar-refractivity contribution < 1.29 is 4.79 Å². The summed E-state index contributed by atoms with van der Waals surface area (Å²) in [7, 11) is 1.76. The van der Waals surface area contributed by atoms with Gasteiger partial charge in [0.1, 0.15) is 11.9 Å². The lowest BCUT2D eigenvalue weighted by Crippen LogP contribution is -2.56. The summed E-state index contributed by atoms with van der Waals surface area (Å²) >= 11 is 23.6. The number of rotatable bonds is 5. The fraction of sp³-hybridized carbons (Fsp3) is 0.227. The number of aryl methyl sites for hydroxylation is 1. The molecule has 0 unspecified atom stereocenters. The van der Waals surface area contributed by atoms with Crippen LogP contribution in [0.5, 0.6) is 0 Å². The van der Waals surface area contributed by atoms with E-state index in [0.29, 0.717) is 16.9 Å². The summed E-state index contributed by atoms with van der Waals surface area (Å²) in [6.07, 6.45) is -1.17. The molecule has 3 aromatic rings. The van der Waals surface area contributed by atoms with Crippen LogP contribution in [0.15, 0.2) is 59.4 Å². The first-order valence-electron chi connectivity index (χ1n) is 9.85. The van der Waals surface area contributed by atoms with Crippen LogP contribution in [0, 0.1) is 13.8 Å². The van der Waals surface area contributed by atoms with Crippen molar-refractivity contribution >= 4 is 63.7 Å². The molecule has 7 nitrogen and oxygen atoms in total. The number of carbonyl (C=O) groups excluding carboxylic acids is 1. The van der Waals surface area contributed by atoms with Gasteiger partial charge in [0, 0.05) is 12.6 Å². The maximum Gasteiger partial charge on any atom is 0.295 e. The van der Waals surface area contributed by atoms with Crippen LogP contribution in [0.1, 0.15) is 21.6 Å². The van der Waals surface area contributed by atoms with E-state index in [4.69, 9.17) is 47.0 Å². The molecule has 2 aromatic carbocycles. The molecule has 33 heavy (non-hydrogen) atoms. The smallest absolute Gasteiger partial charge is 0.295 e. The maximum atomic E-state index is 13.1. The van der Waals surface area contributed by atoms with Crippen molar-refractivity contribution in [1.29, 1.82) is 0 Å². The van der Waals surface area contributed by atoms with E-state index >= 15 is 0 Å². The lowest BCUT2D eigenvalue weighted by Gasteiger charge is -2.28. The van der Waals surface area contributed by atoms with Crippen molar-refractivity contribution in [1.82, 2.24) is 20.0 Å².